The molecule has 0 radical (unpaired) electrons. The number of hydrogen-bond acceptors (Lipinski definition) is 3. The van der Waals surface area contributed by atoms with E-state index in [2.05, 4.69) is 20.6 Å². The number of anilines is 1. The van der Waals surface area contributed by atoms with Gasteiger partial charge in [0.15, 0.2) is 5.69 Å². The Morgan fingerprint density at radius 3 is 2.95 bits per heavy atom. The Morgan fingerprint density at radius 1 is 1.43 bits per heavy atom. The Balaban J connectivity index is 1.51. The molecule has 0 aromatic carbocycles. The summed E-state index contributed by atoms with van der Waals surface area (Å²) in [6.07, 6.45) is 6.39. The highest BCUT2D eigenvalue weighted by atomic mass is 35.5. The maximum absolute atomic E-state index is 12.3. The predicted molar refractivity (Wildman–Crippen MR) is 78.5 cm³/mol. The quantitative estimate of drug-likeness (QED) is 0.892. The number of nitrogens with zero attached hydrogens (tertiary/aromatic N) is 3. The molecule has 0 spiro atoms. The van der Waals surface area contributed by atoms with E-state index in [9.17, 15) is 4.79 Å². The van der Waals surface area contributed by atoms with Crippen molar-refractivity contribution < 1.29 is 4.79 Å². The number of H-pyrrole nitrogens is 1. The van der Waals surface area contributed by atoms with Gasteiger partial charge in [0, 0.05) is 18.5 Å². The van der Waals surface area contributed by atoms with Crippen LogP contribution in [0.5, 0.6) is 0 Å². The molecule has 21 heavy (non-hydrogen) atoms. The van der Waals surface area contributed by atoms with Crippen LogP contribution in [0.4, 0.5) is 5.82 Å². The molecule has 1 amide bonds. The Morgan fingerprint density at radius 2 is 2.24 bits per heavy atom. The summed E-state index contributed by atoms with van der Waals surface area (Å²) in [5.74, 6) is 1.53. The Labute approximate surface area is 126 Å². The number of aromatic nitrogens is 4. The molecule has 7 heteroatoms. The number of amides is 1. The van der Waals surface area contributed by atoms with Gasteiger partial charge in [0.05, 0.1) is 16.9 Å². The highest BCUT2D eigenvalue weighted by Gasteiger charge is 2.31. The summed E-state index contributed by atoms with van der Waals surface area (Å²) in [4.78, 5) is 12.3. The molecule has 2 aromatic heterocycles. The van der Waals surface area contributed by atoms with Crippen LogP contribution in [0.15, 0.2) is 12.3 Å². The van der Waals surface area contributed by atoms with Crippen LogP contribution in [-0.2, 0) is 6.54 Å². The number of hydrogen-bond donors (Lipinski definition) is 2. The van der Waals surface area contributed by atoms with Gasteiger partial charge in [-0.15, -0.1) is 0 Å². The first-order valence-corrected chi connectivity index (χ1v) is 7.67. The maximum atomic E-state index is 12.3. The van der Waals surface area contributed by atoms with E-state index in [-0.39, 0.29) is 11.6 Å². The zero-order chi connectivity index (χ0) is 14.4. The lowest BCUT2D eigenvalue weighted by atomic mass is 10.2. The first-order chi connectivity index (χ1) is 10.2. The number of carbonyl (C=O) groups excluding carboxylic acids is 1. The zero-order valence-electron chi connectivity index (χ0n) is 11.5. The number of aromatic amines is 1. The summed E-state index contributed by atoms with van der Waals surface area (Å²) in [5, 5.41) is 14.5. The molecule has 4 rings (SSSR count). The van der Waals surface area contributed by atoms with E-state index in [1.165, 1.54) is 12.8 Å². The smallest absolute Gasteiger partial charge is 0.278 e. The third-order valence-corrected chi connectivity index (χ3v) is 4.40. The minimum absolute atomic E-state index is 0.262. The van der Waals surface area contributed by atoms with Crippen molar-refractivity contribution in [1.29, 1.82) is 0 Å². The Kier molecular flexibility index (Phi) is 2.99. The molecule has 2 fully saturated rings. The molecule has 0 unspecified atom stereocenters. The monoisotopic (exact) mass is 305 g/mol. The van der Waals surface area contributed by atoms with Crippen molar-refractivity contribution in [1.82, 2.24) is 20.0 Å². The second kappa shape index (κ2) is 4.87. The molecule has 2 saturated carbocycles. The van der Waals surface area contributed by atoms with E-state index in [4.69, 9.17) is 11.6 Å². The largest absolute Gasteiger partial charge is 0.305 e. The van der Waals surface area contributed by atoms with E-state index in [0.717, 1.165) is 25.1 Å². The van der Waals surface area contributed by atoms with E-state index in [0.29, 0.717) is 22.7 Å². The van der Waals surface area contributed by atoms with Crippen molar-refractivity contribution >= 4 is 23.3 Å². The van der Waals surface area contributed by atoms with Crippen molar-refractivity contribution in [2.45, 2.75) is 38.1 Å². The minimum Gasteiger partial charge on any atom is -0.305 e. The van der Waals surface area contributed by atoms with Gasteiger partial charge in [0.1, 0.15) is 5.82 Å². The van der Waals surface area contributed by atoms with Gasteiger partial charge in [-0.2, -0.15) is 10.2 Å². The summed E-state index contributed by atoms with van der Waals surface area (Å²) >= 11 is 6.25. The summed E-state index contributed by atoms with van der Waals surface area (Å²) in [5.41, 5.74) is 1.14. The van der Waals surface area contributed by atoms with Gasteiger partial charge in [-0.1, -0.05) is 11.6 Å². The van der Waals surface area contributed by atoms with Gasteiger partial charge in [0.25, 0.3) is 5.91 Å². The first-order valence-electron chi connectivity index (χ1n) is 7.29. The molecule has 2 heterocycles. The van der Waals surface area contributed by atoms with Crippen molar-refractivity contribution in [2.24, 2.45) is 5.92 Å². The van der Waals surface area contributed by atoms with E-state index < -0.39 is 0 Å². The summed E-state index contributed by atoms with van der Waals surface area (Å²) in [6, 6.07) is 1.79. The molecule has 6 nitrogen and oxygen atoms in total. The van der Waals surface area contributed by atoms with E-state index in [1.54, 1.807) is 12.3 Å². The molecule has 2 aliphatic carbocycles. The first kappa shape index (κ1) is 12.9. The van der Waals surface area contributed by atoms with Crippen LogP contribution in [0.25, 0.3) is 0 Å². The molecule has 0 bridgehead atoms. The Hall–Kier alpha value is -1.82. The fourth-order valence-electron chi connectivity index (χ4n) is 2.44. The van der Waals surface area contributed by atoms with Crippen LogP contribution in [0, 0.1) is 5.92 Å². The van der Waals surface area contributed by atoms with E-state index in [1.807, 2.05) is 4.68 Å². The van der Waals surface area contributed by atoms with Crippen LogP contribution < -0.4 is 5.32 Å². The van der Waals surface area contributed by atoms with Crippen molar-refractivity contribution in [3.63, 3.8) is 0 Å². The normalized spacial score (nSPS) is 18.0. The predicted octanol–water partition coefficient (Wildman–Crippen LogP) is 2.80. The average Bonchev–Trinajstić information content (AvgIpc) is 3.37. The third-order valence-electron chi connectivity index (χ3n) is 4.02. The lowest BCUT2D eigenvalue weighted by Gasteiger charge is -2.07. The fourth-order valence-corrected chi connectivity index (χ4v) is 2.76. The molecular weight excluding hydrogens is 290 g/mol. The van der Waals surface area contributed by atoms with Gasteiger partial charge in [-0.3, -0.25) is 9.89 Å². The van der Waals surface area contributed by atoms with Crippen molar-refractivity contribution in [2.75, 3.05) is 5.32 Å². The van der Waals surface area contributed by atoms with Gasteiger partial charge >= 0.3 is 0 Å². The highest BCUT2D eigenvalue weighted by molar-refractivity contribution is 6.34. The lowest BCUT2D eigenvalue weighted by molar-refractivity contribution is 0.102. The summed E-state index contributed by atoms with van der Waals surface area (Å²) in [7, 11) is 0. The SMILES string of the molecule is O=C(Nc1ccnn1CC1CC1)c1n[nH]c(C2CC2)c1Cl. The summed E-state index contributed by atoms with van der Waals surface area (Å²) in [6.45, 7) is 0.851. The number of carbonyl (C=O) groups is 1. The van der Waals surface area contributed by atoms with Gasteiger partial charge in [0.2, 0.25) is 0 Å². The molecule has 0 saturated heterocycles. The molecule has 0 atom stereocenters. The van der Waals surface area contributed by atoms with E-state index >= 15 is 0 Å². The molecule has 2 aliphatic rings. The number of rotatable bonds is 5. The lowest BCUT2D eigenvalue weighted by Crippen LogP contribution is -2.17. The number of halogens is 1. The maximum Gasteiger partial charge on any atom is 0.278 e. The highest BCUT2D eigenvalue weighted by Crippen LogP contribution is 2.42. The summed E-state index contributed by atoms with van der Waals surface area (Å²) < 4.78 is 1.83. The van der Waals surface area contributed by atoms with Crippen LogP contribution in [0.3, 0.4) is 0 Å². The zero-order valence-corrected chi connectivity index (χ0v) is 12.2. The standard InChI is InChI=1S/C14H16ClN5O/c15-11-12(9-3-4-9)18-19-13(11)14(21)17-10-5-6-16-20(10)7-8-1-2-8/h5-6,8-9H,1-4,7H2,(H,17,21)(H,18,19). The number of nitrogens with one attached hydrogen (secondary N) is 2. The van der Waals surface area contributed by atoms with Crippen LogP contribution in [0.1, 0.15) is 47.8 Å². The topological polar surface area (TPSA) is 75.6 Å². The van der Waals surface area contributed by atoms with Gasteiger partial charge in [-0.05, 0) is 31.6 Å². The average molecular weight is 306 g/mol. The Bertz CT molecular complexity index is 683. The second-order valence-corrected chi connectivity index (χ2v) is 6.25. The van der Waals surface area contributed by atoms with Crippen LogP contribution in [0.2, 0.25) is 5.02 Å². The van der Waals surface area contributed by atoms with Gasteiger partial charge < -0.3 is 5.32 Å². The molecular formula is C14H16ClN5O. The third kappa shape index (κ3) is 2.55. The molecule has 2 N–H and O–H groups in total. The van der Waals surface area contributed by atoms with Crippen molar-refractivity contribution in [3.8, 4) is 0 Å². The fraction of sp³-hybridized carbons (Fsp3) is 0.500. The van der Waals surface area contributed by atoms with Crippen LogP contribution in [-0.4, -0.2) is 25.9 Å². The van der Waals surface area contributed by atoms with Crippen molar-refractivity contribution in [3.05, 3.63) is 28.7 Å². The molecule has 110 valence electrons. The molecule has 2 aromatic rings. The minimum atomic E-state index is -0.291. The van der Waals surface area contributed by atoms with Crippen LogP contribution >= 0.6 is 11.6 Å². The molecule has 0 aliphatic heterocycles. The van der Waals surface area contributed by atoms with Gasteiger partial charge in [-0.25, -0.2) is 4.68 Å². The second-order valence-electron chi connectivity index (χ2n) is 5.87.